The monoisotopic (exact) mass is 397 g/mol. The lowest BCUT2D eigenvalue weighted by Crippen LogP contribution is -2.50. The molecule has 0 radical (unpaired) electrons. The Morgan fingerprint density at radius 2 is 1.89 bits per heavy atom. The zero-order valence-electron chi connectivity index (χ0n) is 15.8. The SMILES string of the molecule is O=C1N(C2CCC(O)CC2)CC[C@]12CCCN(c1ncccc1C(F)(F)F)C2. The smallest absolute Gasteiger partial charge is 0.393 e. The van der Waals surface area contributed by atoms with Gasteiger partial charge in [0.05, 0.1) is 17.1 Å². The lowest BCUT2D eigenvalue weighted by molar-refractivity contribution is -0.139. The predicted molar refractivity (Wildman–Crippen MR) is 97.7 cm³/mol. The Morgan fingerprint density at radius 3 is 2.61 bits per heavy atom. The molecule has 28 heavy (non-hydrogen) atoms. The highest BCUT2D eigenvalue weighted by Crippen LogP contribution is 2.45. The number of rotatable bonds is 2. The molecule has 1 atom stereocenters. The number of piperidine rings is 1. The van der Waals surface area contributed by atoms with E-state index in [9.17, 15) is 23.1 Å². The second kappa shape index (κ2) is 7.21. The van der Waals surface area contributed by atoms with Gasteiger partial charge in [-0.3, -0.25) is 4.79 Å². The summed E-state index contributed by atoms with van der Waals surface area (Å²) in [6, 6.07) is 2.50. The van der Waals surface area contributed by atoms with Crippen LogP contribution in [0.5, 0.6) is 0 Å². The first-order chi connectivity index (χ1) is 13.3. The fourth-order valence-corrected chi connectivity index (χ4v) is 5.13. The highest BCUT2D eigenvalue weighted by atomic mass is 19.4. The highest BCUT2D eigenvalue weighted by Gasteiger charge is 2.51. The fourth-order valence-electron chi connectivity index (χ4n) is 5.13. The molecule has 154 valence electrons. The van der Waals surface area contributed by atoms with Crippen LogP contribution < -0.4 is 4.90 Å². The molecule has 5 nitrogen and oxygen atoms in total. The molecule has 1 N–H and O–H groups in total. The van der Waals surface area contributed by atoms with Gasteiger partial charge in [-0.05, 0) is 57.1 Å². The first-order valence-corrected chi connectivity index (χ1v) is 10.1. The summed E-state index contributed by atoms with van der Waals surface area (Å²) >= 11 is 0. The van der Waals surface area contributed by atoms with E-state index < -0.39 is 17.2 Å². The van der Waals surface area contributed by atoms with Gasteiger partial charge in [0.15, 0.2) is 0 Å². The van der Waals surface area contributed by atoms with E-state index >= 15 is 0 Å². The second-order valence-electron chi connectivity index (χ2n) is 8.39. The molecule has 0 aromatic carbocycles. The largest absolute Gasteiger partial charge is 0.419 e. The average Bonchev–Trinajstić information content (AvgIpc) is 2.98. The number of likely N-dealkylation sites (tertiary alicyclic amines) is 1. The van der Waals surface area contributed by atoms with Crippen LogP contribution in [0.3, 0.4) is 0 Å². The number of nitrogens with zero attached hydrogens (tertiary/aromatic N) is 3. The Labute approximate surface area is 162 Å². The molecule has 0 bridgehead atoms. The number of aliphatic hydroxyl groups is 1. The Morgan fingerprint density at radius 1 is 1.14 bits per heavy atom. The number of anilines is 1. The Bertz CT molecular complexity index is 734. The summed E-state index contributed by atoms with van der Waals surface area (Å²) in [4.78, 5) is 20.9. The molecule has 1 aliphatic carbocycles. The van der Waals surface area contributed by atoms with Crippen molar-refractivity contribution in [1.82, 2.24) is 9.88 Å². The van der Waals surface area contributed by atoms with Crippen LogP contribution in [0, 0.1) is 5.41 Å². The Hall–Kier alpha value is -1.83. The van der Waals surface area contributed by atoms with Crippen molar-refractivity contribution in [2.75, 3.05) is 24.5 Å². The minimum atomic E-state index is -4.47. The van der Waals surface area contributed by atoms with Crippen molar-refractivity contribution < 1.29 is 23.1 Å². The predicted octanol–water partition coefficient (Wildman–Crippen LogP) is 3.22. The van der Waals surface area contributed by atoms with Crippen LogP contribution in [0.4, 0.5) is 19.0 Å². The molecule has 0 unspecified atom stereocenters. The molecule has 1 aromatic heterocycles. The topological polar surface area (TPSA) is 56.7 Å². The number of pyridine rings is 1. The maximum atomic E-state index is 13.4. The van der Waals surface area contributed by atoms with Crippen LogP contribution in [-0.2, 0) is 11.0 Å². The van der Waals surface area contributed by atoms with Gasteiger partial charge in [0.25, 0.3) is 0 Å². The van der Waals surface area contributed by atoms with E-state index in [1.807, 2.05) is 4.90 Å². The van der Waals surface area contributed by atoms with Gasteiger partial charge in [0.1, 0.15) is 5.82 Å². The zero-order chi connectivity index (χ0) is 19.9. The normalized spacial score (nSPS) is 31.6. The molecule has 3 heterocycles. The molecular weight excluding hydrogens is 371 g/mol. The third-order valence-corrected chi connectivity index (χ3v) is 6.62. The maximum Gasteiger partial charge on any atom is 0.419 e. The lowest BCUT2D eigenvalue weighted by Gasteiger charge is -2.41. The van der Waals surface area contributed by atoms with E-state index in [2.05, 4.69) is 4.98 Å². The Balaban J connectivity index is 1.54. The average molecular weight is 397 g/mol. The molecule has 1 saturated carbocycles. The van der Waals surface area contributed by atoms with Gasteiger partial charge in [-0.2, -0.15) is 13.2 Å². The van der Waals surface area contributed by atoms with Crippen molar-refractivity contribution in [3.8, 4) is 0 Å². The second-order valence-corrected chi connectivity index (χ2v) is 8.39. The summed E-state index contributed by atoms with van der Waals surface area (Å²) in [6.07, 6.45) is 1.70. The number of halogens is 3. The van der Waals surface area contributed by atoms with Crippen LogP contribution in [-0.4, -0.2) is 52.7 Å². The van der Waals surface area contributed by atoms with Crippen LogP contribution in [0.15, 0.2) is 18.3 Å². The van der Waals surface area contributed by atoms with Crippen molar-refractivity contribution in [3.63, 3.8) is 0 Å². The summed E-state index contributed by atoms with van der Waals surface area (Å²) in [5, 5.41) is 9.72. The first kappa shape index (κ1) is 19.5. The number of alkyl halides is 3. The number of hydrogen-bond acceptors (Lipinski definition) is 4. The van der Waals surface area contributed by atoms with Crippen LogP contribution >= 0.6 is 0 Å². The molecule has 3 fully saturated rings. The molecule has 3 aliphatic rings. The van der Waals surface area contributed by atoms with Gasteiger partial charge in [0, 0.05) is 31.9 Å². The van der Waals surface area contributed by atoms with Crippen LogP contribution in [0.25, 0.3) is 0 Å². The van der Waals surface area contributed by atoms with E-state index in [0.29, 0.717) is 45.2 Å². The van der Waals surface area contributed by atoms with Crippen molar-refractivity contribution in [1.29, 1.82) is 0 Å². The molecular formula is C20H26F3N3O2. The molecule has 1 aromatic rings. The van der Waals surface area contributed by atoms with E-state index in [4.69, 9.17) is 0 Å². The number of carbonyl (C=O) groups is 1. The number of amides is 1. The molecule has 4 rings (SSSR count). The van der Waals surface area contributed by atoms with E-state index in [0.717, 1.165) is 18.9 Å². The van der Waals surface area contributed by atoms with Crippen molar-refractivity contribution in [3.05, 3.63) is 23.9 Å². The minimum Gasteiger partial charge on any atom is -0.393 e. The molecule has 1 amide bonds. The third kappa shape index (κ3) is 3.47. The molecule has 8 heteroatoms. The number of aliphatic hydroxyl groups excluding tert-OH is 1. The van der Waals surface area contributed by atoms with Gasteiger partial charge in [0.2, 0.25) is 5.91 Å². The number of hydrogen-bond donors (Lipinski definition) is 1. The minimum absolute atomic E-state index is 0.0684. The maximum absolute atomic E-state index is 13.4. The van der Waals surface area contributed by atoms with Gasteiger partial charge in [-0.25, -0.2) is 4.98 Å². The van der Waals surface area contributed by atoms with Crippen LogP contribution in [0.1, 0.15) is 50.5 Å². The van der Waals surface area contributed by atoms with Gasteiger partial charge in [-0.1, -0.05) is 0 Å². The summed E-state index contributed by atoms with van der Waals surface area (Å²) in [7, 11) is 0. The summed E-state index contributed by atoms with van der Waals surface area (Å²) in [6.45, 7) is 1.42. The number of carbonyl (C=O) groups excluding carboxylic acids is 1. The lowest BCUT2D eigenvalue weighted by atomic mass is 9.78. The first-order valence-electron chi connectivity index (χ1n) is 10.1. The fraction of sp³-hybridized carbons (Fsp3) is 0.700. The van der Waals surface area contributed by atoms with Gasteiger partial charge < -0.3 is 14.9 Å². The van der Waals surface area contributed by atoms with E-state index in [1.54, 1.807) is 4.90 Å². The third-order valence-electron chi connectivity index (χ3n) is 6.62. The van der Waals surface area contributed by atoms with Gasteiger partial charge >= 0.3 is 6.18 Å². The molecule has 1 spiro atoms. The van der Waals surface area contributed by atoms with Crippen LogP contribution in [0.2, 0.25) is 0 Å². The number of aromatic nitrogens is 1. The van der Waals surface area contributed by atoms with Crippen molar-refractivity contribution in [2.45, 2.75) is 63.3 Å². The Kier molecular flexibility index (Phi) is 5.02. The summed E-state index contributed by atoms with van der Waals surface area (Å²) < 4.78 is 40.3. The van der Waals surface area contributed by atoms with Crippen molar-refractivity contribution in [2.24, 2.45) is 5.41 Å². The van der Waals surface area contributed by atoms with E-state index in [1.165, 1.54) is 12.3 Å². The summed E-state index contributed by atoms with van der Waals surface area (Å²) in [5.74, 6) is 0.00388. The highest BCUT2D eigenvalue weighted by molar-refractivity contribution is 5.86. The molecule has 2 saturated heterocycles. The zero-order valence-corrected chi connectivity index (χ0v) is 15.8. The quantitative estimate of drug-likeness (QED) is 0.833. The van der Waals surface area contributed by atoms with E-state index in [-0.39, 0.29) is 30.4 Å². The standard InChI is InChI=1S/C20H26F3N3O2/c21-20(22,23)16-3-1-10-24-17(16)25-11-2-8-19(13-25)9-12-26(18(19)28)14-4-6-15(27)7-5-14/h1,3,10,14-15,27H,2,4-9,11-13H2/t14?,15?,19-/m0/s1. The van der Waals surface area contributed by atoms with Crippen molar-refractivity contribution >= 4 is 11.7 Å². The summed E-state index contributed by atoms with van der Waals surface area (Å²) in [5.41, 5.74) is -1.36. The van der Waals surface area contributed by atoms with Gasteiger partial charge in [-0.15, -0.1) is 0 Å². The molecule has 2 aliphatic heterocycles.